The molecule has 1 rings (SSSR count). The average Bonchev–Trinajstić information content (AvgIpc) is 2.25. The molecule has 0 aliphatic heterocycles. The molecule has 0 aliphatic rings. The first-order valence-electron chi connectivity index (χ1n) is 4.03. The van der Waals surface area contributed by atoms with Crippen LogP contribution in [0, 0.1) is 22.0 Å². The maximum absolute atomic E-state index is 10.8. The summed E-state index contributed by atoms with van der Waals surface area (Å²) in [6.07, 6.45) is 0.313. The van der Waals surface area contributed by atoms with Crippen LogP contribution in [-0.4, -0.2) is 22.3 Å². The lowest BCUT2D eigenvalue weighted by atomic mass is 10.1. The number of nitro groups is 1. The number of hydrogen-bond donors (Lipinski definition) is 1. The van der Waals surface area contributed by atoms with Gasteiger partial charge in [0.15, 0.2) is 6.29 Å². The minimum absolute atomic E-state index is 0.0604. The molecule has 1 N–H and O–H groups in total. The second-order valence-corrected chi connectivity index (χ2v) is 2.68. The zero-order valence-electron chi connectivity index (χ0n) is 7.84. The van der Waals surface area contributed by atoms with Crippen molar-refractivity contribution in [2.24, 2.45) is 0 Å². The van der Waals surface area contributed by atoms with Crippen LogP contribution in [0.4, 0.5) is 5.69 Å². The monoisotopic (exact) mass is 219 g/mol. The van der Waals surface area contributed by atoms with Crippen LogP contribution in [0.2, 0.25) is 0 Å². The van der Waals surface area contributed by atoms with Crippen molar-refractivity contribution in [1.29, 1.82) is 0 Å². The molecule has 0 aliphatic carbocycles. The van der Waals surface area contributed by atoms with Gasteiger partial charge in [-0.3, -0.25) is 14.9 Å². The molecule has 80 valence electrons. The summed E-state index contributed by atoms with van der Waals surface area (Å²) in [5.74, 6) is 3.00. The molecule has 6 nitrogen and oxygen atoms in total. The van der Waals surface area contributed by atoms with E-state index < -0.39 is 10.9 Å². The van der Waals surface area contributed by atoms with Crippen LogP contribution in [0.1, 0.15) is 15.9 Å². The van der Waals surface area contributed by atoms with Crippen molar-refractivity contribution in [2.75, 3.05) is 0 Å². The fraction of sp³-hybridized carbons (Fsp3) is 0. The maximum Gasteiger partial charge on any atom is 0.337 e. The second kappa shape index (κ2) is 4.70. The third-order valence-corrected chi connectivity index (χ3v) is 1.71. The lowest BCUT2D eigenvalue weighted by molar-refractivity contribution is -0.384. The van der Waals surface area contributed by atoms with E-state index in [0.717, 1.165) is 12.1 Å². The Morgan fingerprint density at radius 2 is 2.19 bits per heavy atom. The lowest BCUT2D eigenvalue weighted by Crippen LogP contribution is -2.01. The Balaban J connectivity index is 3.35. The molecule has 0 aromatic heterocycles. The number of carboxylic acids is 1. The van der Waals surface area contributed by atoms with E-state index >= 15 is 0 Å². The van der Waals surface area contributed by atoms with Crippen LogP contribution in [0.15, 0.2) is 18.2 Å². The van der Waals surface area contributed by atoms with E-state index in [-0.39, 0.29) is 16.8 Å². The summed E-state index contributed by atoms with van der Waals surface area (Å²) in [7, 11) is 0. The van der Waals surface area contributed by atoms with E-state index in [2.05, 4.69) is 5.92 Å². The van der Waals surface area contributed by atoms with Gasteiger partial charge in [0.1, 0.15) is 0 Å². The Kier molecular flexibility index (Phi) is 3.35. The zero-order chi connectivity index (χ0) is 12.1. The van der Waals surface area contributed by atoms with Crippen molar-refractivity contribution in [2.45, 2.75) is 0 Å². The normalized spacial score (nSPS) is 8.75. The number of benzene rings is 1. The summed E-state index contributed by atoms with van der Waals surface area (Å²) < 4.78 is 0. The van der Waals surface area contributed by atoms with Gasteiger partial charge in [0.25, 0.3) is 5.69 Å². The molecule has 0 unspecified atom stereocenters. The fourth-order valence-electron chi connectivity index (χ4n) is 1.04. The van der Waals surface area contributed by atoms with Gasteiger partial charge < -0.3 is 5.11 Å². The van der Waals surface area contributed by atoms with Gasteiger partial charge in [0, 0.05) is 17.7 Å². The Labute approximate surface area is 89.7 Å². The predicted octanol–water partition coefficient (Wildman–Crippen LogP) is 0.843. The molecule has 1 aromatic carbocycles. The fourth-order valence-corrected chi connectivity index (χ4v) is 1.04. The highest BCUT2D eigenvalue weighted by molar-refractivity contribution is 5.92. The molecule has 0 radical (unpaired) electrons. The number of carbonyl (C=O) groups is 2. The Morgan fingerprint density at radius 3 is 2.69 bits per heavy atom. The van der Waals surface area contributed by atoms with Crippen molar-refractivity contribution in [1.82, 2.24) is 0 Å². The van der Waals surface area contributed by atoms with E-state index in [1.165, 1.54) is 6.07 Å². The molecule has 1 aromatic rings. The first kappa shape index (κ1) is 11.4. The van der Waals surface area contributed by atoms with Crippen molar-refractivity contribution in [3.8, 4) is 11.8 Å². The SMILES string of the molecule is O=CC#Cc1ccc([N+](=O)[O-])cc1C(=O)O. The number of nitro benzene ring substituents is 1. The summed E-state index contributed by atoms with van der Waals surface area (Å²) in [6, 6.07) is 3.22. The van der Waals surface area contributed by atoms with Crippen molar-refractivity contribution >= 4 is 17.9 Å². The van der Waals surface area contributed by atoms with E-state index in [9.17, 15) is 19.7 Å². The first-order valence-corrected chi connectivity index (χ1v) is 4.03. The van der Waals surface area contributed by atoms with Gasteiger partial charge in [-0.2, -0.15) is 0 Å². The van der Waals surface area contributed by atoms with Gasteiger partial charge in [-0.05, 0) is 12.0 Å². The van der Waals surface area contributed by atoms with Crippen LogP contribution in [0.25, 0.3) is 0 Å². The summed E-state index contributed by atoms with van der Waals surface area (Å²) in [4.78, 5) is 30.5. The third-order valence-electron chi connectivity index (χ3n) is 1.71. The Morgan fingerprint density at radius 1 is 1.50 bits per heavy atom. The molecule has 0 heterocycles. The van der Waals surface area contributed by atoms with E-state index in [1.54, 1.807) is 0 Å². The molecule has 0 saturated heterocycles. The molecule has 0 amide bonds. The number of aromatic carboxylic acids is 1. The van der Waals surface area contributed by atoms with Crippen molar-refractivity contribution in [3.05, 3.63) is 39.4 Å². The molecule has 0 saturated carbocycles. The minimum Gasteiger partial charge on any atom is -0.478 e. The zero-order valence-corrected chi connectivity index (χ0v) is 7.84. The van der Waals surface area contributed by atoms with Crippen LogP contribution < -0.4 is 0 Å². The summed E-state index contributed by atoms with van der Waals surface area (Å²) in [6.45, 7) is 0. The smallest absolute Gasteiger partial charge is 0.337 e. The van der Waals surface area contributed by atoms with Gasteiger partial charge in [0.05, 0.1) is 10.5 Å². The number of aldehydes is 1. The molecular formula is C10H5NO5. The molecule has 16 heavy (non-hydrogen) atoms. The molecule has 0 spiro atoms. The van der Waals surface area contributed by atoms with Crippen LogP contribution in [0.3, 0.4) is 0 Å². The van der Waals surface area contributed by atoms with Crippen molar-refractivity contribution < 1.29 is 19.6 Å². The molecule has 0 atom stereocenters. The van der Waals surface area contributed by atoms with Crippen LogP contribution in [-0.2, 0) is 4.79 Å². The van der Waals surface area contributed by atoms with E-state index in [0.29, 0.717) is 6.29 Å². The number of nitrogens with zero attached hydrogens (tertiary/aromatic N) is 1. The van der Waals surface area contributed by atoms with Crippen molar-refractivity contribution in [3.63, 3.8) is 0 Å². The van der Waals surface area contributed by atoms with Gasteiger partial charge in [-0.15, -0.1) is 0 Å². The predicted molar refractivity (Wildman–Crippen MR) is 53.0 cm³/mol. The van der Waals surface area contributed by atoms with Crippen LogP contribution >= 0.6 is 0 Å². The summed E-state index contributed by atoms with van der Waals surface area (Å²) in [5, 5.41) is 19.2. The number of hydrogen-bond acceptors (Lipinski definition) is 4. The van der Waals surface area contributed by atoms with Gasteiger partial charge in [-0.1, -0.05) is 5.92 Å². The quantitative estimate of drug-likeness (QED) is 0.344. The van der Waals surface area contributed by atoms with Gasteiger partial charge in [-0.25, -0.2) is 4.79 Å². The molecular weight excluding hydrogens is 214 g/mol. The Bertz CT molecular complexity index is 524. The standard InChI is InChI=1S/C10H5NO5/c12-5-1-2-7-3-4-8(11(15)16)6-9(7)10(13)14/h3-6H,(H,13,14). The lowest BCUT2D eigenvalue weighted by Gasteiger charge is -1.98. The van der Waals surface area contributed by atoms with Crippen LogP contribution in [0.5, 0.6) is 0 Å². The van der Waals surface area contributed by atoms with Gasteiger partial charge in [0.2, 0.25) is 0 Å². The number of carboxylic acid groups (broad SMARTS) is 1. The summed E-state index contributed by atoms with van der Waals surface area (Å²) >= 11 is 0. The number of non-ortho nitro benzene ring substituents is 1. The first-order chi connectivity index (χ1) is 7.56. The topological polar surface area (TPSA) is 97.5 Å². The average molecular weight is 219 g/mol. The van der Waals surface area contributed by atoms with E-state index in [4.69, 9.17) is 5.11 Å². The third kappa shape index (κ3) is 2.42. The summed E-state index contributed by atoms with van der Waals surface area (Å²) in [5.41, 5.74) is -0.581. The molecule has 0 fully saturated rings. The van der Waals surface area contributed by atoms with Gasteiger partial charge >= 0.3 is 5.97 Å². The number of rotatable bonds is 2. The molecule has 6 heteroatoms. The maximum atomic E-state index is 10.8. The highest BCUT2D eigenvalue weighted by Gasteiger charge is 2.14. The molecule has 0 bridgehead atoms. The number of carbonyl (C=O) groups excluding carboxylic acids is 1. The Hall–Kier alpha value is -2.68. The highest BCUT2D eigenvalue weighted by atomic mass is 16.6. The minimum atomic E-state index is -1.33. The largest absolute Gasteiger partial charge is 0.478 e. The second-order valence-electron chi connectivity index (χ2n) is 2.68. The van der Waals surface area contributed by atoms with E-state index in [1.807, 2.05) is 5.92 Å². The highest BCUT2D eigenvalue weighted by Crippen LogP contribution is 2.17.